The molecule has 1 saturated heterocycles. The molecule has 19 heavy (non-hydrogen) atoms. The van der Waals surface area contributed by atoms with Crippen molar-refractivity contribution in [3.8, 4) is 0 Å². The molecule has 0 radical (unpaired) electrons. The molecule has 1 aliphatic heterocycles. The van der Waals surface area contributed by atoms with E-state index >= 15 is 0 Å². The van der Waals surface area contributed by atoms with Crippen LogP contribution in [0.5, 0.6) is 0 Å². The lowest BCUT2D eigenvalue weighted by molar-refractivity contribution is -0.127. The second kappa shape index (κ2) is 4.82. The molecule has 0 aliphatic carbocycles. The Kier molecular flexibility index (Phi) is 3.50. The number of anilines is 1. The fourth-order valence-corrected chi connectivity index (χ4v) is 3.27. The molecular formula is C10H17N5O3S. The van der Waals surface area contributed by atoms with E-state index < -0.39 is 16.1 Å². The first-order valence-corrected chi connectivity index (χ1v) is 7.43. The van der Waals surface area contributed by atoms with E-state index in [9.17, 15) is 13.2 Å². The number of hydrogen-bond donors (Lipinski definition) is 2. The van der Waals surface area contributed by atoms with Gasteiger partial charge in [-0.3, -0.25) is 9.48 Å². The summed E-state index contributed by atoms with van der Waals surface area (Å²) in [7, 11) is -2.19. The summed E-state index contributed by atoms with van der Waals surface area (Å²) in [4.78, 5) is 13.1. The van der Waals surface area contributed by atoms with E-state index in [0.717, 1.165) is 0 Å². The molecule has 0 saturated carbocycles. The van der Waals surface area contributed by atoms with Gasteiger partial charge in [-0.2, -0.15) is 9.82 Å². The number of rotatable bonds is 4. The van der Waals surface area contributed by atoms with Crippen LogP contribution in [0.3, 0.4) is 0 Å². The van der Waals surface area contributed by atoms with Crippen molar-refractivity contribution in [1.82, 2.24) is 19.4 Å². The second-order valence-electron chi connectivity index (χ2n) is 4.46. The molecule has 0 spiro atoms. The maximum absolute atomic E-state index is 12.2. The van der Waals surface area contributed by atoms with Crippen molar-refractivity contribution >= 4 is 21.7 Å². The quantitative estimate of drug-likeness (QED) is 0.737. The zero-order valence-electron chi connectivity index (χ0n) is 10.8. The first kappa shape index (κ1) is 13.8. The molecule has 1 amide bonds. The van der Waals surface area contributed by atoms with Gasteiger partial charge < -0.3 is 10.6 Å². The highest BCUT2D eigenvalue weighted by Crippen LogP contribution is 2.18. The first-order chi connectivity index (χ1) is 8.85. The van der Waals surface area contributed by atoms with Gasteiger partial charge in [0.15, 0.2) is 5.82 Å². The lowest BCUT2D eigenvalue weighted by Gasteiger charge is -2.11. The Morgan fingerprint density at radius 3 is 2.74 bits per heavy atom. The van der Waals surface area contributed by atoms with Crippen molar-refractivity contribution < 1.29 is 13.2 Å². The van der Waals surface area contributed by atoms with Crippen LogP contribution in [-0.4, -0.2) is 48.6 Å². The van der Waals surface area contributed by atoms with Gasteiger partial charge in [-0.1, -0.05) is 0 Å². The molecule has 1 unspecified atom stereocenters. The van der Waals surface area contributed by atoms with Crippen molar-refractivity contribution in [2.24, 2.45) is 0 Å². The lowest BCUT2D eigenvalue weighted by Crippen LogP contribution is -2.40. The molecular weight excluding hydrogens is 270 g/mol. The van der Waals surface area contributed by atoms with Crippen molar-refractivity contribution in [1.29, 1.82) is 0 Å². The Balaban J connectivity index is 2.23. The highest BCUT2D eigenvalue weighted by Gasteiger charge is 2.34. The highest BCUT2D eigenvalue weighted by atomic mass is 32.2. The van der Waals surface area contributed by atoms with E-state index in [-0.39, 0.29) is 16.6 Å². The predicted octanol–water partition coefficient (Wildman–Crippen LogP) is -1.01. The van der Waals surface area contributed by atoms with Crippen molar-refractivity contribution in [2.75, 3.05) is 19.3 Å². The third-order valence-corrected chi connectivity index (χ3v) is 4.58. The summed E-state index contributed by atoms with van der Waals surface area (Å²) in [6.07, 6.45) is 1.82. The number of likely N-dealkylation sites (tertiary alicyclic amines) is 1. The number of carbonyl (C=O) groups is 1. The minimum absolute atomic E-state index is 0.0619. The summed E-state index contributed by atoms with van der Waals surface area (Å²) in [5.74, 6) is -0.293. The molecule has 106 valence electrons. The largest absolute Gasteiger partial charge is 0.381 e. The third kappa shape index (κ3) is 2.56. The number of aromatic nitrogens is 2. The molecule has 1 atom stereocenters. The van der Waals surface area contributed by atoms with Crippen molar-refractivity contribution in [3.63, 3.8) is 0 Å². The molecule has 9 heteroatoms. The van der Waals surface area contributed by atoms with Gasteiger partial charge in [-0.05, 0) is 13.3 Å². The number of sulfonamides is 1. The normalized spacial score (nSPS) is 20.2. The number of hydrogen-bond acceptors (Lipinski definition) is 5. The number of nitrogens with one attached hydrogen (secondary N) is 1. The second-order valence-corrected chi connectivity index (χ2v) is 6.14. The van der Waals surface area contributed by atoms with E-state index in [4.69, 9.17) is 5.73 Å². The highest BCUT2D eigenvalue weighted by molar-refractivity contribution is 7.89. The van der Waals surface area contributed by atoms with Crippen LogP contribution < -0.4 is 10.5 Å². The monoisotopic (exact) mass is 287 g/mol. The number of aryl methyl sites for hydroxylation is 1. The van der Waals surface area contributed by atoms with Crippen LogP contribution in [-0.2, 0) is 21.4 Å². The number of carbonyl (C=O) groups excluding carboxylic acids is 1. The van der Waals surface area contributed by atoms with Crippen LogP contribution in [0, 0.1) is 0 Å². The van der Waals surface area contributed by atoms with Gasteiger partial charge >= 0.3 is 0 Å². The van der Waals surface area contributed by atoms with Gasteiger partial charge in [0.05, 0.1) is 0 Å². The van der Waals surface area contributed by atoms with Crippen LogP contribution in [0.4, 0.5) is 5.82 Å². The Labute approximate surface area is 111 Å². The molecule has 2 rings (SSSR count). The van der Waals surface area contributed by atoms with Gasteiger partial charge in [-0.15, -0.1) is 0 Å². The van der Waals surface area contributed by atoms with Crippen molar-refractivity contribution in [2.45, 2.75) is 30.8 Å². The molecule has 3 N–H and O–H groups in total. The minimum atomic E-state index is -3.83. The average molecular weight is 287 g/mol. The Hall–Kier alpha value is -1.61. The van der Waals surface area contributed by atoms with Crippen LogP contribution in [0.25, 0.3) is 0 Å². The van der Waals surface area contributed by atoms with Gasteiger partial charge in [0.1, 0.15) is 10.9 Å². The Morgan fingerprint density at radius 2 is 2.26 bits per heavy atom. The van der Waals surface area contributed by atoms with Crippen LogP contribution in [0.2, 0.25) is 0 Å². The molecule has 0 aromatic carbocycles. The molecule has 1 fully saturated rings. The van der Waals surface area contributed by atoms with E-state index in [2.05, 4.69) is 9.82 Å². The number of amides is 1. The fraction of sp³-hybridized carbons (Fsp3) is 0.600. The number of nitrogens with two attached hydrogens (primary N) is 1. The summed E-state index contributed by atoms with van der Waals surface area (Å²) in [5.41, 5.74) is 5.59. The maximum Gasteiger partial charge on any atom is 0.246 e. The maximum atomic E-state index is 12.2. The number of nitrogen functional groups attached to an aromatic ring is 1. The van der Waals surface area contributed by atoms with Crippen LogP contribution in [0.15, 0.2) is 11.1 Å². The van der Waals surface area contributed by atoms with E-state index in [0.29, 0.717) is 19.5 Å². The molecule has 1 aliphatic rings. The molecule has 1 aromatic rings. The predicted molar refractivity (Wildman–Crippen MR) is 68.7 cm³/mol. The van der Waals surface area contributed by atoms with E-state index in [1.807, 2.05) is 6.92 Å². The molecule has 1 aromatic heterocycles. The zero-order valence-corrected chi connectivity index (χ0v) is 11.6. The summed E-state index contributed by atoms with van der Waals surface area (Å²) >= 11 is 0. The SMILES string of the molecule is CCn1cc(S(=O)(=O)NC2CCN(C)C2=O)c(N)n1. The summed E-state index contributed by atoms with van der Waals surface area (Å²) in [6, 6.07) is -0.723. The van der Waals surface area contributed by atoms with Gasteiger partial charge in [0.25, 0.3) is 0 Å². The third-order valence-electron chi connectivity index (χ3n) is 3.09. The topological polar surface area (TPSA) is 110 Å². The molecule has 2 heterocycles. The summed E-state index contributed by atoms with van der Waals surface area (Å²) in [5, 5.41) is 3.88. The van der Waals surface area contributed by atoms with Gasteiger partial charge in [0, 0.05) is 26.3 Å². The van der Waals surface area contributed by atoms with E-state index in [1.165, 1.54) is 15.8 Å². The average Bonchev–Trinajstić information content (AvgIpc) is 2.87. The van der Waals surface area contributed by atoms with Crippen LogP contribution >= 0.6 is 0 Å². The smallest absolute Gasteiger partial charge is 0.246 e. The Bertz CT molecular complexity index is 594. The first-order valence-electron chi connectivity index (χ1n) is 5.95. The number of nitrogens with zero attached hydrogens (tertiary/aromatic N) is 3. The molecule has 8 nitrogen and oxygen atoms in total. The zero-order chi connectivity index (χ0) is 14.2. The Morgan fingerprint density at radius 1 is 1.58 bits per heavy atom. The van der Waals surface area contributed by atoms with Gasteiger partial charge in [0.2, 0.25) is 15.9 Å². The standard InChI is InChI=1S/C10H17N5O3S/c1-3-15-6-8(9(11)12-15)19(17,18)13-7-4-5-14(2)10(7)16/h6-7,13H,3-5H2,1-2H3,(H2,11,12). The molecule has 0 bridgehead atoms. The summed E-state index contributed by atoms with van der Waals surface area (Å²) < 4.78 is 28.2. The van der Waals surface area contributed by atoms with Gasteiger partial charge in [-0.25, -0.2) is 8.42 Å². The number of likely N-dealkylation sites (N-methyl/N-ethyl adjacent to an activating group) is 1. The van der Waals surface area contributed by atoms with Crippen LogP contribution in [0.1, 0.15) is 13.3 Å². The van der Waals surface area contributed by atoms with Crippen molar-refractivity contribution in [3.05, 3.63) is 6.20 Å². The van der Waals surface area contributed by atoms with E-state index in [1.54, 1.807) is 7.05 Å². The fourth-order valence-electron chi connectivity index (χ4n) is 1.97. The minimum Gasteiger partial charge on any atom is -0.381 e. The lowest BCUT2D eigenvalue weighted by atomic mass is 10.3. The summed E-state index contributed by atoms with van der Waals surface area (Å²) in [6.45, 7) is 2.88.